The Morgan fingerprint density at radius 3 is 1.50 bits per heavy atom. The van der Waals surface area contributed by atoms with E-state index in [4.69, 9.17) is 0 Å². The molecule has 0 spiro atoms. The second-order valence-electron chi connectivity index (χ2n) is 5.15. The van der Waals surface area contributed by atoms with Crippen molar-refractivity contribution in [2.75, 3.05) is 0 Å². The summed E-state index contributed by atoms with van der Waals surface area (Å²) in [6.07, 6.45) is 5.45. The van der Waals surface area contributed by atoms with Gasteiger partial charge in [-0.25, -0.2) is 0 Å². The monoisotopic (exact) mass is 198 g/mol. The van der Waals surface area contributed by atoms with Gasteiger partial charge in [0.25, 0.3) is 0 Å². The summed E-state index contributed by atoms with van der Waals surface area (Å²) in [5, 5.41) is 0. The summed E-state index contributed by atoms with van der Waals surface area (Å²) in [7, 11) is 0. The Balaban J connectivity index is 3.96. The van der Waals surface area contributed by atoms with E-state index in [9.17, 15) is 0 Å². The van der Waals surface area contributed by atoms with Gasteiger partial charge in [-0.1, -0.05) is 60.8 Å². The molecule has 0 heterocycles. The lowest BCUT2D eigenvalue weighted by Crippen LogP contribution is -2.17. The summed E-state index contributed by atoms with van der Waals surface area (Å²) in [6.45, 7) is 14.2. The minimum absolute atomic E-state index is 0.895. The van der Waals surface area contributed by atoms with Gasteiger partial charge in [0.05, 0.1) is 0 Å². The third-order valence-corrected chi connectivity index (χ3v) is 4.21. The maximum absolute atomic E-state index is 2.44. The quantitative estimate of drug-likeness (QED) is 0.532. The topological polar surface area (TPSA) is 0 Å². The Morgan fingerprint density at radius 1 is 0.643 bits per heavy atom. The predicted octanol–water partition coefficient (Wildman–Crippen LogP) is 5.13. The van der Waals surface area contributed by atoms with E-state index < -0.39 is 0 Å². The zero-order valence-corrected chi connectivity index (χ0v) is 11.1. The molecular weight excluding hydrogens is 168 g/mol. The lowest BCUT2D eigenvalue weighted by molar-refractivity contribution is 0.239. The second kappa shape index (κ2) is 7.31. The van der Waals surface area contributed by atoms with Crippen LogP contribution in [0.2, 0.25) is 0 Å². The van der Waals surface area contributed by atoms with Gasteiger partial charge in [0, 0.05) is 0 Å². The molecule has 3 atom stereocenters. The maximum Gasteiger partial charge on any atom is -0.0394 e. The normalized spacial score (nSPS) is 18.2. The van der Waals surface area contributed by atoms with E-state index in [1.165, 1.54) is 25.7 Å². The molecule has 0 heteroatoms. The van der Waals surface area contributed by atoms with Gasteiger partial charge < -0.3 is 0 Å². The summed E-state index contributed by atoms with van der Waals surface area (Å²) in [6, 6.07) is 0. The van der Waals surface area contributed by atoms with Gasteiger partial charge in [-0.05, 0) is 30.1 Å². The molecule has 14 heavy (non-hydrogen) atoms. The van der Waals surface area contributed by atoms with Crippen molar-refractivity contribution in [3.05, 3.63) is 0 Å². The predicted molar refractivity (Wildman–Crippen MR) is 66.5 cm³/mol. The molecule has 0 nitrogen and oxygen atoms in total. The molecule has 0 rings (SSSR count). The van der Waals surface area contributed by atoms with Gasteiger partial charge in [0.1, 0.15) is 0 Å². The fourth-order valence-electron chi connectivity index (χ4n) is 2.51. The molecule has 0 saturated heterocycles. The molecule has 0 N–H and O–H groups in total. The lowest BCUT2D eigenvalue weighted by atomic mass is 9.79. The Morgan fingerprint density at radius 2 is 1.14 bits per heavy atom. The van der Waals surface area contributed by atoms with E-state index in [1.807, 2.05) is 0 Å². The molecule has 3 unspecified atom stereocenters. The number of hydrogen-bond donors (Lipinski definition) is 0. The summed E-state index contributed by atoms with van der Waals surface area (Å²) in [5.74, 6) is 3.65. The zero-order valence-electron chi connectivity index (χ0n) is 11.1. The molecule has 0 aromatic heterocycles. The minimum Gasteiger partial charge on any atom is -0.0651 e. The van der Waals surface area contributed by atoms with Gasteiger partial charge in [0.2, 0.25) is 0 Å². The fraction of sp³-hybridized carbons (Fsp3) is 1.00. The van der Waals surface area contributed by atoms with Crippen molar-refractivity contribution in [1.29, 1.82) is 0 Å². The summed E-state index contributed by atoms with van der Waals surface area (Å²) in [5.41, 5.74) is 0. The molecule has 0 bridgehead atoms. The third kappa shape index (κ3) is 4.48. The molecule has 0 saturated carbocycles. The fourth-order valence-corrected chi connectivity index (χ4v) is 2.51. The number of hydrogen-bond acceptors (Lipinski definition) is 0. The largest absolute Gasteiger partial charge is 0.0651 e. The van der Waals surface area contributed by atoms with Crippen LogP contribution in [-0.2, 0) is 0 Å². The second-order valence-corrected chi connectivity index (χ2v) is 5.15. The standard InChI is InChI=1S/C14H30/c1-7-11(4)12(5)10-13(6)14(8-2)9-3/h11-14H,7-10H2,1-6H3. The molecule has 0 aliphatic carbocycles. The summed E-state index contributed by atoms with van der Waals surface area (Å²) >= 11 is 0. The third-order valence-electron chi connectivity index (χ3n) is 4.21. The number of rotatable bonds is 7. The van der Waals surface area contributed by atoms with Crippen LogP contribution in [0.5, 0.6) is 0 Å². The SMILES string of the molecule is CCC(C)C(C)CC(C)C(CC)CC. The Labute approximate surface area is 91.5 Å². The van der Waals surface area contributed by atoms with E-state index >= 15 is 0 Å². The average Bonchev–Trinajstić information content (AvgIpc) is 2.18. The molecule has 0 fully saturated rings. The molecule has 0 aromatic carbocycles. The Kier molecular flexibility index (Phi) is 7.31. The van der Waals surface area contributed by atoms with E-state index in [-0.39, 0.29) is 0 Å². The van der Waals surface area contributed by atoms with Crippen molar-refractivity contribution in [3.63, 3.8) is 0 Å². The summed E-state index contributed by atoms with van der Waals surface area (Å²) in [4.78, 5) is 0. The highest BCUT2D eigenvalue weighted by Crippen LogP contribution is 2.29. The molecule has 0 aliphatic heterocycles. The van der Waals surface area contributed by atoms with Crippen molar-refractivity contribution in [3.8, 4) is 0 Å². The van der Waals surface area contributed by atoms with Crippen LogP contribution in [-0.4, -0.2) is 0 Å². The molecule has 0 amide bonds. The van der Waals surface area contributed by atoms with E-state index in [1.54, 1.807) is 0 Å². The van der Waals surface area contributed by atoms with Gasteiger partial charge in [0.15, 0.2) is 0 Å². The van der Waals surface area contributed by atoms with E-state index in [0.717, 1.165) is 23.7 Å². The highest BCUT2D eigenvalue weighted by Gasteiger charge is 2.18. The first kappa shape index (κ1) is 14.0. The summed E-state index contributed by atoms with van der Waals surface area (Å²) < 4.78 is 0. The van der Waals surface area contributed by atoms with Crippen molar-refractivity contribution >= 4 is 0 Å². The van der Waals surface area contributed by atoms with Crippen LogP contribution in [0.4, 0.5) is 0 Å². The zero-order chi connectivity index (χ0) is 11.1. The highest BCUT2D eigenvalue weighted by atomic mass is 14.2. The van der Waals surface area contributed by atoms with Crippen LogP contribution in [0.15, 0.2) is 0 Å². The van der Waals surface area contributed by atoms with Crippen molar-refractivity contribution < 1.29 is 0 Å². The average molecular weight is 198 g/mol. The maximum atomic E-state index is 2.44. The van der Waals surface area contributed by atoms with E-state index in [0.29, 0.717) is 0 Å². The van der Waals surface area contributed by atoms with Gasteiger partial charge in [-0.15, -0.1) is 0 Å². The van der Waals surface area contributed by atoms with Gasteiger partial charge in [-0.2, -0.15) is 0 Å². The Bertz CT molecular complexity index is 124. The highest BCUT2D eigenvalue weighted by molar-refractivity contribution is 4.69. The van der Waals surface area contributed by atoms with Crippen LogP contribution in [0, 0.1) is 23.7 Å². The first-order valence-corrected chi connectivity index (χ1v) is 6.56. The van der Waals surface area contributed by atoms with Crippen molar-refractivity contribution in [2.45, 2.75) is 67.2 Å². The van der Waals surface area contributed by atoms with E-state index in [2.05, 4.69) is 41.5 Å². The van der Waals surface area contributed by atoms with Crippen LogP contribution in [0.25, 0.3) is 0 Å². The molecule has 86 valence electrons. The first-order valence-electron chi connectivity index (χ1n) is 6.56. The minimum atomic E-state index is 0.895. The van der Waals surface area contributed by atoms with Crippen molar-refractivity contribution in [2.24, 2.45) is 23.7 Å². The van der Waals surface area contributed by atoms with Gasteiger partial charge >= 0.3 is 0 Å². The van der Waals surface area contributed by atoms with Crippen molar-refractivity contribution in [1.82, 2.24) is 0 Å². The molecule has 0 aromatic rings. The smallest absolute Gasteiger partial charge is 0.0394 e. The van der Waals surface area contributed by atoms with Crippen LogP contribution in [0.3, 0.4) is 0 Å². The molecule has 0 radical (unpaired) electrons. The van der Waals surface area contributed by atoms with Gasteiger partial charge in [-0.3, -0.25) is 0 Å². The first-order chi connectivity index (χ1) is 6.56. The van der Waals surface area contributed by atoms with Crippen LogP contribution >= 0.6 is 0 Å². The molecule has 0 aliphatic rings. The lowest BCUT2D eigenvalue weighted by Gasteiger charge is -2.27. The van der Waals surface area contributed by atoms with Crippen LogP contribution in [0.1, 0.15) is 67.2 Å². The van der Waals surface area contributed by atoms with Crippen LogP contribution < -0.4 is 0 Å². The Hall–Kier alpha value is 0. The molecular formula is C14H30.